The van der Waals surface area contributed by atoms with E-state index in [1.165, 1.54) is 0 Å². The molecule has 104 valence electrons. The van der Waals surface area contributed by atoms with E-state index in [4.69, 9.17) is 5.26 Å². The standard InChI is InChI=1S/C16H18N2O2/c1-10(12-4-2-3-11(7-12)9-17)18-13-5-6-15(18)14(8-13)16(19)20/h2-4,7,10,13-15H,5-6,8H2,1H3,(H,19,20). The van der Waals surface area contributed by atoms with Gasteiger partial charge in [0, 0.05) is 18.1 Å². The Morgan fingerprint density at radius 3 is 2.95 bits per heavy atom. The van der Waals surface area contributed by atoms with Crippen LogP contribution in [0, 0.1) is 17.2 Å². The van der Waals surface area contributed by atoms with Gasteiger partial charge in [-0.1, -0.05) is 12.1 Å². The number of carbonyl (C=O) groups is 1. The van der Waals surface area contributed by atoms with Crippen molar-refractivity contribution >= 4 is 5.97 Å². The van der Waals surface area contributed by atoms with Crippen molar-refractivity contribution in [2.24, 2.45) is 5.92 Å². The van der Waals surface area contributed by atoms with Gasteiger partial charge in [0.1, 0.15) is 0 Å². The van der Waals surface area contributed by atoms with Gasteiger partial charge in [-0.05, 0) is 43.9 Å². The Morgan fingerprint density at radius 1 is 1.50 bits per heavy atom. The molecule has 4 heteroatoms. The van der Waals surface area contributed by atoms with Crippen LogP contribution in [0.2, 0.25) is 0 Å². The molecule has 1 aromatic carbocycles. The van der Waals surface area contributed by atoms with Crippen molar-refractivity contribution in [1.29, 1.82) is 5.26 Å². The minimum absolute atomic E-state index is 0.151. The molecule has 0 amide bonds. The molecule has 2 bridgehead atoms. The molecule has 1 aromatic rings. The fourth-order valence-corrected chi connectivity index (χ4v) is 3.94. The van der Waals surface area contributed by atoms with Crippen molar-refractivity contribution < 1.29 is 9.90 Å². The van der Waals surface area contributed by atoms with Gasteiger partial charge in [0.25, 0.3) is 0 Å². The number of fused-ring (bicyclic) bond motifs is 2. The van der Waals surface area contributed by atoms with E-state index in [-0.39, 0.29) is 18.0 Å². The first-order valence-electron chi connectivity index (χ1n) is 7.12. The summed E-state index contributed by atoms with van der Waals surface area (Å²) >= 11 is 0. The molecule has 4 nitrogen and oxygen atoms in total. The zero-order valence-corrected chi connectivity index (χ0v) is 11.5. The molecule has 20 heavy (non-hydrogen) atoms. The van der Waals surface area contributed by atoms with Crippen molar-refractivity contribution in [3.05, 3.63) is 35.4 Å². The van der Waals surface area contributed by atoms with Gasteiger partial charge in [0.05, 0.1) is 17.6 Å². The number of nitrogens with zero attached hydrogens (tertiary/aromatic N) is 2. The summed E-state index contributed by atoms with van der Waals surface area (Å²) < 4.78 is 0. The smallest absolute Gasteiger partial charge is 0.308 e. The number of aliphatic carboxylic acids is 1. The van der Waals surface area contributed by atoms with E-state index in [1.807, 2.05) is 18.2 Å². The summed E-state index contributed by atoms with van der Waals surface area (Å²) in [6.45, 7) is 2.12. The van der Waals surface area contributed by atoms with E-state index in [0.717, 1.165) is 24.8 Å². The van der Waals surface area contributed by atoms with E-state index in [9.17, 15) is 9.90 Å². The van der Waals surface area contributed by atoms with Gasteiger partial charge >= 0.3 is 5.97 Å². The van der Waals surface area contributed by atoms with Crippen LogP contribution in [0.1, 0.15) is 43.4 Å². The highest BCUT2D eigenvalue weighted by molar-refractivity contribution is 5.71. The van der Waals surface area contributed by atoms with E-state index in [0.29, 0.717) is 11.6 Å². The zero-order chi connectivity index (χ0) is 14.3. The van der Waals surface area contributed by atoms with Crippen LogP contribution in [0.15, 0.2) is 24.3 Å². The Balaban J connectivity index is 1.86. The van der Waals surface area contributed by atoms with Crippen LogP contribution in [0.3, 0.4) is 0 Å². The summed E-state index contributed by atoms with van der Waals surface area (Å²) in [4.78, 5) is 13.7. The van der Waals surface area contributed by atoms with Crippen LogP contribution < -0.4 is 0 Å². The maximum absolute atomic E-state index is 11.3. The van der Waals surface area contributed by atoms with Crippen LogP contribution in [-0.4, -0.2) is 28.1 Å². The quantitative estimate of drug-likeness (QED) is 0.916. The summed E-state index contributed by atoms with van der Waals surface area (Å²) in [6.07, 6.45) is 2.84. The summed E-state index contributed by atoms with van der Waals surface area (Å²) in [5, 5.41) is 18.3. The molecule has 0 spiro atoms. The molecule has 2 saturated heterocycles. The maximum Gasteiger partial charge on any atom is 0.308 e. The molecule has 4 atom stereocenters. The van der Waals surface area contributed by atoms with Gasteiger partial charge < -0.3 is 5.11 Å². The topological polar surface area (TPSA) is 64.3 Å². The number of benzene rings is 1. The summed E-state index contributed by atoms with van der Waals surface area (Å²) in [5.41, 5.74) is 1.77. The molecule has 0 aromatic heterocycles. The van der Waals surface area contributed by atoms with Crippen LogP contribution in [0.5, 0.6) is 0 Å². The van der Waals surface area contributed by atoms with Crippen molar-refractivity contribution in [3.8, 4) is 6.07 Å². The third kappa shape index (κ3) is 1.99. The van der Waals surface area contributed by atoms with Crippen molar-refractivity contribution in [1.82, 2.24) is 4.90 Å². The van der Waals surface area contributed by atoms with Gasteiger partial charge in [-0.15, -0.1) is 0 Å². The van der Waals surface area contributed by atoms with Crippen molar-refractivity contribution in [3.63, 3.8) is 0 Å². The first-order chi connectivity index (χ1) is 9.61. The second-order valence-electron chi connectivity index (χ2n) is 5.84. The number of nitriles is 1. The van der Waals surface area contributed by atoms with Crippen LogP contribution in [0.25, 0.3) is 0 Å². The lowest BCUT2D eigenvalue weighted by molar-refractivity contribution is -0.142. The van der Waals surface area contributed by atoms with Gasteiger partial charge in [0.2, 0.25) is 0 Å². The summed E-state index contributed by atoms with van der Waals surface area (Å²) in [6, 6.07) is 10.5. The lowest BCUT2D eigenvalue weighted by Gasteiger charge is -2.30. The van der Waals surface area contributed by atoms with E-state index in [2.05, 4.69) is 17.9 Å². The predicted octanol–water partition coefficient (Wildman–Crippen LogP) is 2.56. The molecule has 1 N–H and O–H groups in total. The van der Waals surface area contributed by atoms with Gasteiger partial charge in [-0.25, -0.2) is 0 Å². The molecule has 2 aliphatic rings. The van der Waals surface area contributed by atoms with Crippen LogP contribution >= 0.6 is 0 Å². The van der Waals surface area contributed by atoms with Crippen molar-refractivity contribution in [2.75, 3.05) is 0 Å². The second-order valence-corrected chi connectivity index (χ2v) is 5.84. The normalized spacial score (nSPS) is 30.1. The minimum Gasteiger partial charge on any atom is -0.481 e. The summed E-state index contributed by atoms with van der Waals surface area (Å²) in [5.74, 6) is -0.893. The monoisotopic (exact) mass is 270 g/mol. The van der Waals surface area contributed by atoms with E-state index in [1.54, 1.807) is 6.07 Å². The van der Waals surface area contributed by atoms with Crippen LogP contribution in [-0.2, 0) is 4.79 Å². The molecule has 0 radical (unpaired) electrons. The zero-order valence-electron chi connectivity index (χ0n) is 11.5. The molecule has 2 aliphatic heterocycles. The maximum atomic E-state index is 11.3. The number of carboxylic acids is 1. The highest BCUT2D eigenvalue weighted by atomic mass is 16.4. The largest absolute Gasteiger partial charge is 0.481 e. The summed E-state index contributed by atoms with van der Waals surface area (Å²) in [7, 11) is 0. The third-order valence-electron chi connectivity index (χ3n) is 4.85. The van der Waals surface area contributed by atoms with E-state index >= 15 is 0 Å². The number of carboxylic acid groups (broad SMARTS) is 1. The van der Waals surface area contributed by atoms with Crippen molar-refractivity contribution in [2.45, 2.75) is 44.3 Å². The highest BCUT2D eigenvalue weighted by Gasteiger charge is 2.50. The predicted molar refractivity (Wildman–Crippen MR) is 74.0 cm³/mol. The average Bonchev–Trinajstić information content (AvgIpc) is 3.04. The molecule has 2 heterocycles. The highest BCUT2D eigenvalue weighted by Crippen LogP contribution is 2.46. The molecular formula is C16H18N2O2. The Morgan fingerprint density at radius 2 is 2.30 bits per heavy atom. The first kappa shape index (κ1) is 13.1. The van der Waals surface area contributed by atoms with Gasteiger partial charge in [-0.3, -0.25) is 9.69 Å². The first-order valence-corrected chi connectivity index (χ1v) is 7.12. The van der Waals surface area contributed by atoms with E-state index < -0.39 is 5.97 Å². The lowest BCUT2D eigenvalue weighted by Crippen LogP contribution is -2.35. The number of hydrogen-bond donors (Lipinski definition) is 1. The average molecular weight is 270 g/mol. The Hall–Kier alpha value is -1.86. The molecule has 3 rings (SSSR count). The SMILES string of the molecule is CC(c1cccc(C#N)c1)N1C2CCC1C(C(=O)O)C2. The Bertz CT molecular complexity index is 578. The molecule has 4 unspecified atom stereocenters. The number of hydrogen-bond acceptors (Lipinski definition) is 3. The van der Waals surface area contributed by atoms with Gasteiger partial charge in [0.15, 0.2) is 0 Å². The van der Waals surface area contributed by atoms with Crippen LogP contribution in [0.4, 0.5) is 0 Å². The molecule has 2 fully saturated rings. The molecule has 0 aliphatic carbocycles. The minimum atomic E-state index is -0.667. The second kappa shape index (κ2) is 4.92. The Labute approximate surface area is 118 Å². The molecule has 0 saturated carbocycles. The fourth-order valence-electron chi connectivity index (χ4n) is 3.94. The van der Waals surface area contributed by atoms with Gasteiger partial charge in [-0.2, -0.15) is 5.26 Å². The number of rotatable bonds is 3. The third-order valence-corrected chi connectivity index (χ3v) is 4.85. The fraction of sp³-hybridized carbons (Fsp3) is 0.500. The molecular weight excluding hydrogens is 252 g/mol. The Kier molecular flexibility index (Phi) is 3.23. The lowest BCUT2D eigenvalue weighted by atomic mass is 9.89.